The molecular formula is C12H18N2O2. The quantitative estimate of drug-likeness (QED) is 0.812. The summed E-state index contributed by atoms with van der Waals surface area (Å²) >= 11 is 0. The summed E-state index contributed by atoms with van der Waals surface area (Å²) in [6, 6.07) is 5.20. The SMILES string of the molecule is O=c1ccccn1CCOC1CCNCC1. The summed E-state index contributed by atoms with van der Waals surface area (Å²) < 4.78 is 7.42. The second kappa shape index (κ2) is 5.82. The van der Waals surface area contributed by atoms with Crippen LogP contribution in [0.2, 0.25) is 0 Å². The van der Waals surface area contributed by atoms with Gasteiger partial charge >= 0.3 is 0 Å². The van der Waals surface area contributed by atoms with Crippen molar-refractivity contribution in [2.24, 2.45) is 0 Å². The summed E-state index contributed by atoms with van der Waals surface area (Å²) in [5.41, 5.74) is 0.0383. The van der Waals surface area contributed by atoms with E-state index in [2.05, 4.69) is 5.32 Å². The van der Waals surface area contributed by atoms with Gasteiger partial charge in [0.05, 0.1) is 12.7 Å². The van der Waals surface area contributed by atoms with Gasteiger partial charge in [0.1, 0.15) is 0 Å². The maximum atomic E-state index is 11.4. The highest BCUT2D eigenvalue weighted by Crippen LogP contribution is 2.06. The van der Waals surface area contributed by atoms with Crippen molar-refractivity contribution < 1.29 is 4.74 Å². The molecule has 2 rings (SSSR count). The van der Waals surface area contributed by atoms with Crippen molar-refractivity contribution in [3.05, 3.63) is 34.7 Å². The zero-order valence-electron chi connectivity index (χ0n) is 9.39. The lowest BCUT2D eigenvalue weighted by atomic mass is 10.1. The average molecular weight is 222 g/mol. The molecule has 0 atom stereocenters. The summed E-state index contributed by atoms with van der Waals surface area (Å²) in [5.74, 6) is 0. The molecular weight excluding hydrogens is 204 g/mol. The van der Waals surface area contributed by atoms with E-state index in [1.54, 1.807) is 22.9 Å². The number of piperidine rings is 1. The van der Waals surface area contributed by atoms with Crippen LogP contribution >= 0.6 is 0 Å². The highest BCUT2D eigenvalue weighted by Gasteiger charge is 2.12. The molecule has 0 aliphatic carbocycles. The Hall–Kier alpha value is -1.13. The Morgan fingerprint density at radius 1 is 1.38 bits per heavy atom. The molecule has 1 saturated heterocycles. The summed E-state index contributed by atoms with van der Waals surface area (Å²) in [7, 11) is 0. The van der Waals surface area contributed by atoms with Crippen molar-refractivity contribution in [2.75, 3.05) is 19.7 Å². The summed E-state index contributed by atoms with van der Waals surface area (Å²) in [6.07, 6.45) is 4.31. The normalized spacial score (nSPS) is 17.5. The minimum absolute atomic E-state index is 0.0383. The van der Waals surface area contributed by atoms with Crippen LogP contribution < -0.4 is 10.9 Å². The van der Waals surface area contributed by atoms with Gasteiger partial charge in [-0.15, -0.1) is 0 Å². The van der Waals surface area contributed by atoms with Crippen LogP contribution in [0.3, 0.4) is 0 Å². The number of rotatable bonds is 4. The summed E-state index contributed by atoms with van der Waals surface area (Å²) in [5, 5.41) is 3.30. The Morgan fingerprint density at radius 2 is 2.19 bits per heavy atom. The van der Waals surface area contributed by atoms with Crippen LogP contribution in [0.25, 0.3) is 0 Å². The average Bonchev–Trinajstić information content (AvgIpc) is 2.33. The molecule has 0 saturated carbocycles. The number of ether oxygens (including phenoxy) is 1. The smallest absolute Gasteiger partial charge is 0.250 e. The predicted octanol–water partition coefficient (Wildman–Crippen LogP) is 0.617. The molecule has 88 valence electrons. The third-order valence-corrected chi connectivity index (χ3v) is 2.87. The zero-order chi connectivity index (χ0) is 11.2. The first-order chi connectivity index (χ1) is 7.86. The van der Waals surface area contributed by atoms with Crippen LogP contribution in [-0.4, -0.2) is 30.4 Å². The molecule has 1 aliphatic heterocycles. The van der Waals surface area contributed by atoms with Gasteiger partial charge in [-0.05, 0) is 32.0 Å². The van der Waals surface area contributed by atoms with E-state index in [4.69, 9.17) is 4.74 Å². The van der Waals surface area contributed by atoms with E-state index in [1.807, 2.05) is 6.07 Å². The lowest BCUT2D eigenvalue weighted by Crippen LogP contribution is -2.33. The number of hydrogen-bond acceptors (Lipinski definition) is 3. The van der Waals surface area contributed by atoms with Gasteiger partial charge in [0.25, 0.3) is 5.56 Å². The molecule has 0 bridgehead atoms. The molecule has 1 aromatic heterocycles. The number of aromatic nitrogens is 1. The third kappa shape index (κ3) is 3.18. The fourth-order valence-corrected chi connectivity index (χ4v) is 1.93. The number of pyridine rings is 1. The van der Waals surface area contributed by atoms with Crippen LogP contribution in [0, 0.1) is 0 Å². The lowest BCUT2D eigenvalue weighted by molar-refractivity contribution is 0.0281. The topological polar surface area (TPSA) is 43.3 Å². The molecule has 1 N–H and O–H groups in total. The summed E-state index contributed by atoms with van der Waals surface area (Å²) in [6.45, 7) is 3.34. The van der Waals surface area contributed by atoms with Gasteiger partial charge in [-0.25, -0.2) is 0 Å². The van der Waals surface area contributed by atoms with Crippen molar-refractivity contribution >= 4 is 0 Å². The Morgan fingerprint density at radius 3 is 2.94 bits per heavy atom. The second-order valence-corrected chi connectivity index (χ2v) is 4.05. The molecule has 1 aliphatic rings. The molecule has 0 radical (unpaired) electrons. The van der Waals surface area contributed by atoms with E-state index in [9.17, 15) is 4.79 Å². The minimum atomic E-state index is 0.0383. The fourth-order valence-electron chi connectivity index (χ4n) is 1.93. The third-order valence-electron chi connectivity index (χ3n) is 2.87. The fraction of sp³-hybridized carbons (Fsp3) is 0.583. The molecule has 1 fully saturated rings. The molecule has 0 spiro atoms. The number of nitrogens with one attached hydrogen (secondary N) is 1. The first kappa shape index (κ1) is 11.4. The molecule has 2 heterocycles. The molecule has 0 unspecified atom stereocenters. The number of hydrogen-bond donors (Lipinski definition) is 1. The van der Waals surface area contributed by atoms with Gasteiger partial charge in [0.2, 0.25) is 0 Å². The van der Waals surface area contributed by atoms with Crippen LogP contribution in [0.15, 0.2) is 29.2 Å². The van der Waals surface area contributed by atoms with E-state index < -0.39 is 0 Å². The molecule has 4 nitrogen and oxygen atoms in total. The second-order valence-electron chi connectivity index (χ2n) is 4.05. The van der Waals surface area contributed by atoms with E-state index in [1.165, 1.54) is 0 Å². The van der Waals surface area contributed by atoms with Gasteiger partial charge in [0.15, 0.2) is 0 Å². The zero-order valence-corrected chi connectivity index (χ0v) is 9.39. The van der Waals surface area contributed by atoms with Crippen molar-refractivity contribution in [3.63, 3.8) is 0 Å². The predicted molar refractivity (Wildman–Crippen MR) is 62.5 cm³/mol. The summed E-state index contributed by atoms with van der Waals surface area (Å²) in [4.78, 5) is 11.4. The Bertz CT molecular complexity index is 369. The van der Waals surface area contributed by atoms with E-state index in [0.29, 0.717) is 19.3 Å². The van der Waals surface area contributed by atoms with Gasteiger partial charge in [0, 0.05) is 18.8 Å². The Kier molecular flexibility index (Phi) is 4.13. The maximum absolute atomic E-state index is 11.4. The molecule has 1 aromatic rings. The van der Waals surface area contributed by atoms with Gasteiger partial charge in [-0.1, -0.05) is 6.07 Å². The van der Waals surface area contributed by atoms with Gasteiger partial charge < -0.3 is 14.6 Å². The van der Waals surface area contributed by atoms with E-state index in [0.717, 1.165) is 25.9 Å². The Balaban J connectivity index is 1.75. The molecule has 16 heavy (non-hydrogen) atoms. The Labute approximate surface area is 95.2 Å². The minimum Gasteiger partial charge on any atom is -0.376 e. The lowest BCUT2D eigenvalue weighted by Gasteiger charge is -2.23. The van der Waals surface area contributed by atoms with Gasteiger partial charge in [-0.2, -0.15) is 0 Å². The van der Waals surface area contributed by atoms with Crippen LogP contribution in [-0.2, 0) is 11.3 Å². The first-order valence-corrected chi connectivity index (χ1v) is 5.84. The van der Waals surface area contributed by atoms with Crippen molar-refractivity contribution in [1.29, 1.82) is 0 Å². The van der Waals surface area contributed by atoms with Gasteiger partial charge in [-0.3, -0.25) is 4.79 Å². The molecule has 0 aromatic carbocycles. The van der Waals surface area contributed by atoms with E-state index in [-0.39, 0.29) is 5.56 Å². The van der Waals surface area contributed by atoms with Crippen molar-refractivity contribution in [3.8, 4) is 0 Å². The maximum Gasteiger partial charge on any atom is 0.250 e. The monoisotopic (exact) mass is 222 g/mol. The highest BCUT2D eigenvalue weighted by atomic mass is 16.5. The first-order valence-electron chi connectivity index (χ1n) is 5.84. The molecule has 4 heteroatoms. The van der Waals surface area contributed by atoms with Crippen LogP contribution in [0.1, 0.15) is 12.8 Å². The highest BCUT2D eigenvalue weighted by molar-refractivity contribution is 4.92. The standard InChI is InChI=1S/C12H18N2O2/c15-12-3-1-2-8-14(12)9-10-16-11-4-6-13-7-5-11/h1-3,8,11,13H,4-7,9-10H2. The van der Waals surface area contributed by atoms with Crippen LogP contribution in [0.5, 0.6) is 0 Å². The van der Waals surface area contributed by atoms with Crippen LogP contribution in [0.4, 0.5) is 0 Å². The van der Waals surface area contributed by atoms with E-state index >= 15 is 0 Å². The largest absolute Gasteiger partial charge is 0.376 e. The van der Waals surface area contributed by atoms with Crippen molar-refractivity contribution in [2.45, 2.75) is 25.5 Å². The number of nitrogens with zero attached hydrogens (tertiary/aromatic N) is 1. The molecule has 0 amide bonds. The van der Waals surface area contributed by atoms with Crippen molar-refractivity contribution in [1.82, 2.24) is 9.88 Å².